The first-order valence-electron chi connectivity index (χ1n) is 8.31. The Bertz CT molecular complexity index is 1250. The van der Waals surface area contributed by atoms with Crippen molar-refractivity contribution in [2.45, 2.75) is 16.7 Å². The Kier molecular flexibility index (Phi) is 3.39. The Hall–Kier alpha value is -2.99. The van der Waals surface area contributed by atoms with Gasteiger partial charge in [0.1, 0.15) is 11.4 Å². The van der Waals surface area contributed by atoms with E-state index in [1.165, 1.54) is 0 Å². The van der Waals surface area contributed by atoms with E-state index in [0.717, 1.165) is 48.8 Å². The summed E-state index contributed by atoms with van der Waals surface area (Å²) in [5.74, 6) is 0.851. The molecule has 0 bridgehead atoms. The van der Waals surface area contributed by atoms with Crippen molar-refractivity contribution in [3.05, 3.63) is 60.4 Å². The number of para-hydroxylation sites is 1. The van der Waals surface area contributed by atoms with E-state index < -0.39 is 0 Å². The average molecular weight is 360 g/mol. The maximum absolute atomic E-state index is 5.23. The molecule has 5 rings (SSSR count). The van der Waals surface area contributed by atoms with E-state index >= 15 is 0 Å². The van der Waals surface area contributed by atoms with Gasteiger partial charge in [-0.2, -0.15) is 9.61 Å². The Morgan fingerprint density at radius 1 is 1.04 bits per heavy atom. The zero-order chi connectivity index (χ0) is 17.7. The molecule has 3 aromatic heterocycles. The quantitative estimate of drug-likeness (QED) is 0.501. The minimum absolute atomic E-state index is 0.851. The number of aromatic nitrogens is 4. The van der Waals surface area contributed by atoms with Gasteiger partial charge in [-0.3, -0.25) is 0 Å². The number of fused-ring (bicyclic) bond motifs is 5. The van der Waals surface area contributed by atoms with Crippen molar-refractivity contribution in [1.82, 2.24) is 19.6 Å². The second kappa shape index (κ2) is 5.78. The molecule has 1 N–H and O–H groups in total. The lowest BCUT2D eigenvalue weighted by molar-refractivity contribution is 0.414. The number of hydrogen-bond donors (Lipinski definition) is 1. The van der Waals surface area contributed by atoms with Crippen LogP contribution in [0, 0.1) is 6.92 Å². The molecule has 0 aliphatic rings. The minimum Gasteiger partial charge on any atom is -0.497 e. The summed E-state index contributed by atoms with van der Waals surface area (Å²) < 4.78 is 7.15. The third-order valence-electron chi connectivity index (χ3n) is 4.51. The van der Waals surface area contributed by atoms with Crippen molar-refractivity contribution < 1.29 is 4.74 Å². The van der Waals surface area contributed by atoms with Crippen LogP contribution in [0.15, 0.2) is 64.5 Å². The van der Waals surface area contributed by atoms with Crippen molar-refractivity contribution in [2.75, 3.05) is 7.11 Å². The summed E-state index contributed by atoms with van der Waals surface area (Å²) in [4.78, 5) is 10.4. The van der Waals surface area contributed by atoms with E-state index in [1.54, 1.807) is 18.9 Å². The smallest absolute Gasteiger partial charge is 0.171 e. The number of aromatic amines is 1. The molecule has 0 spiro atoms. The molecule has 0 saturated heterocycles. The molecule has 5 nitrogen and oxygen atoms in total. The Morgan fingerprint density at radius 2 is 1.85 bits per heavy atom. The fraction of sp³-hybridized carbons (Fsp3) is 0.100. The molecular formula is C20H16N4OS. The maximum Gasteiger partial charge on any atom is 0.171 e. The number of benzene rings is 2. The highest BCUT2D eigenvalue weighted by Crippen LogP contribution is 2.35. The zero-order valence-electron chi connectivity index (χ0n) is 14.4. The summed E-state index contributed by atoms with van der Waals surface area (Å²) in [6.45, 7) is 2.02. The Balaban J connectivity index is 1.68. The molecule has 26 heavy (non-hydrogen) atoms. The molecule has 3 heterocycles. The van der Waals surface area contributed by atoms with Crippen LogP contribution in [-0.2, 0) is 0 Å². The summed E-state index contributed by atoms with van der Waals surface area (Å²) in [5, 5.41) is 6.99. The predicted octanol–water partition coefficient (Wildman–Crippen LogP) is 4.83. The number of ether oxygens (including phenoxy) is 1. The lowest BCUT2D eigenvalue weighted by Gasteiger charge is -2.03. The van der Waals surface area contributed by atoms with Gasteiger partial charge in [0.25, 0.3) is 0 Å². The van der Waals surface area contributed by atoms with Gasteiger partial charge in [-0.05, 0) is 37.3 Å². The molecule has 0 aliphatic carbocycles. The van der Waals surface area contributed by atoms with Gasteiger partial charge in [0.15, 0.2) is 5.65 Å². The van der Waals surface area contributed by atoms with Gasteiger partial charge in [-0.15, -0.1) is 0 Å². The van der Waals surface area contributed by atoms with Crippen LogP contribution in [0.5, 0.6) is 5.75 Å². The van der Waals surface area contributed by atoms with Crippen molar-refractivity contribution in [2.24, 2.45) is 0 Å². The Labute approximate surface area is 154 Å². The minimum atomic E-state index is 0.851. The lowest BCUT2D eigenvalue weighted by Crippen LogP contribution is -1.92. The molecule has 0 atom stereocenters. The normalized spacial score (nSPS) is 11.6. The highest BCUT2D eigenvalue weighted by Gasteiger charge is 2.16. The number of H-pyrrole nitrogens is 1. The first-order chi connectivity index (χ1) is 12.7. The van der Waals surface area contributed by atoms with E-state index in [-0.39, 0.29) is 0 Å². The first kappa shape index (κ1) is 15.3. The lowest BCUT2D eigenvalue weighted by atomic mass is 10.2. The van der Waals surface area contributed by atoms with E-state index in [4.69, 9.17) is 14.8 Å². The molecule has 2 aromatic carbocycles. The number of methoxy groups -OCH3 is 1. The van der Waals surface area contributed by atoms with Crippen molar-refractivity contribution in [3.8, 4) is 5.75 Å². The molecule has 0 amide bonds. The van der Waals surface area contributed by atoms with Gasteiger partial charge in [0.2, 0.25) is 0 Å². The highest BCUT2D eigenvalue weighted by molar-refractivity contribution is 7.99. The maximum atomic E-state index is 5.23. The van der Waals surface area contributed by atoms with Gasteiger partial charge >= 0.3 is 0 Å². The van der Waals surface area contributed by atoms with E-state index in [0.29, 0.717) is 0 Å². The molecule has 5 aromatic rings. The van der Waals surface area contributed by atoms with Gasteiger partial charge < -0.3 is 9.72 Å². The van der Waals surface area contributed by atoms with Gasteiger partial charge in [-0.25, -0.2) is 4.98 Å². The third kappa shape index (κ3) is 2.26. The summed E-state index contributed by atoms with van der Waals surface area (Å²) in [5.41, 5.74) is 3.89. The van der Waals surface area contributed by atoms with Gasteiger partial charge in [0, 0.05) is 27.4 Å². The first-order valence-corrected chi connectivity index (χ1v) is 9.13. The molecular weight excluding hydrogens is 344 g/mol. The van der Waals surface area contributed by atoms with Crippen molar-refractivity contribution >= 4 is 39.3 Å². The van der Waals surface area contributed by atoms with Crippen LogP contribution in [0.1, 0.15) is 5.69 Å². The summed E-state index contributed by atoms with van der Waals surface area (Å²) in [6, 6.07) is 16.3. The number of hydrogen-bond acceptors (Lipinski definition) is 4. The molecule has 0 saturated carbocycles. The van der Waals surface area contributed by atoms with Crippen LogP contribution in [-0.4, -0.2) is 26.7 Å². The van der Waals surface area contributed by atoms with Crippen molar-refractivity contribution in [1.29, 1.82) is 0 Å². The number of aryl methyl sites for hydroxylation is 1. The second-order valence-electron chi connectivity index (χ2n) is 6.12. The SMILES string of the molecule is COc1ccc(Sc2c(C)nn3c2ncc2c4ccccc4[nH]c23)cc1. The zero-order valence-corrected chi connectivity index (χ0v) is 15.2. The predicted molar refractivity (Wildman–Crippen MR) is 104 cm³/mol. The third-order valence-corrected chi connectivity index (χ3v) is 5.70. The fourth-order valence-corrected chi connectivity index (χ4v) is 4.15. The van der Waals surface area contributed by atoms with Gasteiger partial charge in [0.05, 0.1) is 17.7 Å². The molecule has 128 valence electrons. The second-order valence-corrected chi connectivity index (χ2v) is 7.20. The monoisotopic (exact) mass is 360 g/mol. The fourth-order valence-electron chi connectivity index (χ4n) is 3.22. The largest absolute Gasteiger partial charge is 0.497 e. The van der Waals surface area contributed by atoms with Crippen molar-refractivity contribution in [3.63, 3.8) is 0 Å². The van der Waals surface area contributed by atoms with E-state index in [9.17, 15) is 0 Å². The number of nitrogens with zero attached hydrogens (tertiary/aromatic N) is 3. The standard InChI is InChI=1S/C20H16N4OS/c1-12-18(26-14-9-7-13(25-2)8-10-14)20-21-11-16-15-5-3-4-6-17(15)22-19(16)24(20)23-12/h3-11,22H,1-2H3. The molecule has 0 fully saturated rings. The summed E-state index contributed by atoms with van der Waals surface area (Å²) in [7, 11) is 1.67. The number of nitrogens with one attached hydrogen (secondary N) is 1. The van der Waals surface area contributed by atoms with Crippen LogP contribution in [0.25, 0.3) is 27.6 Å². The van der Waals surface area contributed by atoms with E-state index in [1.807, 2.05) is 54.0 Å². The summed E-state index contributed by atoms with van der Waals surface area (Å²) in [6.07, 6.45) is 1.93. The highest BCUT2D eigenvalue weighted by atomic mass is 32.2. The molecule has 0 unspecified atom stereocenters. The van der Waals surface area contributed by atoms with Crippen LogP contribution < -0.4 is 4.74 Å². The van der Waals surface area contributed by atoms with Crippen LogP contribution in [0.3, 0.4) is 0 Å². The average Bonchev–Trinajstić information content (AvgIpc) is 3.20. The van der Waals surface area contributed by atoms with Crippen LogP contribution in [0.4, 0.5) is 0 Å². The van der Waals surface area contributed by atoms with Crippen LogP contribution >= 0.6 is 11.8 Å². The summed E-state index contributed by atoms with van der Waals surface area (Å²) >= 11 is 1.67. The number of rotatable bonds is 3. The Morgan fingerprint density at radius 3 is 2.65 bits per heavy atom. The van der Waals surface area contributed by atoms with Crippen LogP contribution in [0.2, 0.25) is 0 Å². The molecule has 0 aliphatic heterocycles. The molecule has 0 radical (unpaired) electrons. The molecule has 6 heteroatoms. The van der Waals surface area contributed by atoms with E-state index in [2.05, 4.69) is 17.1 Å². The topological polar surface area (TPSA) is 55.2 Å². The van der Waals surface area contributed by atoms with Gasteiger partial charge in [-0.1, -0.05) is 30.0 Å².